The number of hydrazine groups is 1. The van der Waals surface area contributed by atoms with Crippen LogP contribution in [-0.2, 0) is 6.42 Å². The quantitative estimate of drug-likeness (QED) is 0.705. The lowest BCUT2D eigenvalue weighted by molar-refractivity contribution is 0.0731. The number of anilines is 1. The zero-order valence-corrected chi connectivity index (χ0v) is 14.6. The highest BCUT2D eigenvalue weighted by Crippen LogP contribution is 2.36. The van der Waals surface area contributed by atoms with Gasteiger partial charge in [-0.3, -0.25) is 9.80 Å². The van der Waals surface area contributed by atoms with Gasteiger partial charge in [-0.1, -0.05) is 23.7 Å². The van der Waals surface area contributed by atoms with Crippen LogP contribution in [0, 0.1) is 0 Å². The van der Waals surface area contributed by atoms with Crippen molar-refractivity contribution in [2.24, 2.45) is 0 Å². The van der Waals surface area contributed by atoms with Crippen molar-refractivity contribution in [1.82, 2.24) is 19.6 Å². The molecule has 0 saturated carbocycles. The average Bonchev–Trinajstić information content (AvgIpc) is 3.04. The summed E-state index contributed by atoms with van der Waals surface area (Å²) in [6, 6.07) is 7.55. The second kappa shape index (κ2) is 5.93. The lowest BCUT2D eigenvalue weighted by Crippen LogP contribution is -2.48. The van der Waals surface area contributed by atoms with Crippen molar-refractivity contribution in [2.75, 3.05) is 25.7 Å². The SMILES string of the molecule is COc1cccc2c1N(C)N(C(=O)c1cc3ncc(Cl)cn3n1)CC2. The van der Waals surface area contributed by atoms with Gasteiger partial charge in [0.2, 0.25) is 0 Å². The summed E-state index contributed by atoms with van der Waals surface area (Å²) in [6.07, 6.45) is 3.90. The molecule has 4 rings (SSSR count). The number of carbonyl (C=O) groups is 1. The van der Waals surface area contributed by atoms with Crippen LogP contribution in [0.25, 0.3) is 5.65 Å². The summed E-state index contributed by atoms with van der Waals surface area (Å²) < 4.78 is 6.96. The van der Waals surface area contributed by atoms with Gasteiger partial charge in [0, 0.05) is 25.9 Å². The molecule has 0 N–H and O–H groups in total. The lowest BCUT2D eigenvalue weighted by atomic mass is 10.1. The number of hydrogen-bond acceptors (Lipinski definition) is 5. The molecular weight excluding hydrogens is 342 g/mol. The molecule has 0 unspecified atom stereocenters. The van der Waals surface area contributed by atoms with Gasteiger partial charge < -0.3 is 4.74 Å². The molecular formula is C17H16ClN5O2. The number of nitrogens with zero attached hydrogens (tertiary/aromatic N) is 5. The van der Waals surface area contributed by atoms with E-state index < -0.39 is 0 Å². The Labute approximate surface area is 149 Å². The predicted octanol–water partition coefficient (Wildman–Crippen LogP) is 2.44. The Morgan fingerprint density at radius 3 is 3.00 bits per heavy atom. The molecule has 0 saturated heterocycles. The van der Waals surface area contributed by atoms with E-state index in [1.807, 2.05) is 30.3 Å². The molecule has 1 aliphatic rings. The van der Waals surface area contributed by atoms with E-state index in [4.69, 9.17) is 16.3 Å². The van der Waals surface area contributed by atoms with E-state index in [1.165, 1.54) is 10.7 Å². The van der Waals surface area contributed by atoms with Crippen LogP contribution in [0.15, 0.2) is 36.7 Å². The van der Waals surface area contributed by atoms with E-state index in [-0.39, 0.29) is 5.91 Å². The summed E-state index contributed by atoms with van der Waals surface area (Å²) in [6.45, 7) is 0.567. The van der Waals surface area contributed by atoms with E-state index in [9.17, 15) is 4.79 Å². The first-order chi connectivity index (χ1) is 12.1. The average molecular weight is 358 g/mol. The molecule has 0 atom stereocenters. The third-order valence-electron chi connectivity index (χ3n) is 4.32. The predicted molar refractivity (Wildman–Crippen MR) is 94.1 cm³/mol. The number of halogens is 1. The van der Waals surface area contributed by atoms with Gasteiger partial charge in [0.1, 0.15) is 11.4 Å². The van der Waals surface area contributed by atoms with Crippen LogP contribution in [0.3, 0.4) is 0 Å². The Balaban J connectivity index is 1.70. The molecule has 2 aromatic heterocycles. The van der Waals surface area contributed by atoms with E-state index in [0.717, 1.165) is 23.4 Å². The third-order valence-corrected chi connectivity index (χ3v) is 4.51. The van der Waals surface area contributed by atoms with Gasteiger partial charge in [0.25, 0.3) is 5.91 Å². The second-order valence-electron chi connectivity index (χ2n) is 5.77. The van der Waals surface area contributed by atoms with Crippen LogP contribution >= 0.6 is 11.6 Å². The molecule has 1 aliphatic heterocycles. The van der Waals surface area contributed by atoms with Gasteiger partial charge in [-0.25, -0.2) is 14.5 Å². The maximum absolute atomic E-state index is 13.0. The van der Waals surface area contributed by atoms with Crippen molar-refractivity contribution < 1.29 is 9.53 Å². The molecule has 1 amide bonds. The maximum Gasteiger partial charge on any atom is 0.292 e. The number of benzene rings is 1. The Morgan fingerprint density at radius 2 is 2.20 bits per heavy atom. The fraction of sp³-hybridized carbons (Fsp3) is 0.235. The monoisotopic (exact) mass is 357 g/mol. The van der Waals surface area contributed by atoms with Gasteiger partial charge in [-0.15, -0.1) is 0 Å². The van der Waals surface area contributed by atoms with Gasteiger partial charge in [0.05, 0.1) is 18.3 Å². The fourth-order valence-corrected chi connectivity index (χ4v) is 3.27. The molecule has 7 nitrogen and oxygen atoms in total. The Morgan fingerprint density at radius 1 is 1.36 bits per heavy atom. The van der Waals surface area contributed by atoms with Crippen molar-refractivity contribution in [3.05, 3.63) is 52.9 Å². The largest absolute Gasteiger partial charge is 0.495 e. The van der Waals surface area contributed by atoms with E-state index in [2.05, 4.69) is 10.1 Å². The van der Waals surface area contributed by atoms with E-state index in [0.29, 0.717) is 22.9 Å². The summed E-state index contributed by atoms with van der Waals surface area (Å²) >= 11 is 5.93. The number of methoxy groups -OCH3 is 1. The summed E-state index contributed by atoms with van der Waals surface area (Å²) in [7, 11) is 3.48. The number of ether oxygens (including phenoxy) is 1. The molecule has 25 heavy (non-hydrogen) atoms. The highest BCUT2D eigenvalue weighted by molar-refractivity contribution is 6.30. The number of amides is 1. The zero-order chi connectivity index (χ0) is 17.6. The molecule has 0 radical (unpaired) electrons. The standard InChI is InChI=1S/C17H16ClN5O2/c1-21-16-11(4-3-5-14(16)25-2)6-7-23(21)17(24)13-8-15-19-9-12(18)10-22(15)20-13/h3-5,8-10H,6-7H2,1-2H3. The van der Waals surface area contributed by atoms with E-state index >= 15 is 0 Å². The van der Waals surface area contributed by atoms with Gasteiger partial charge in [-0.2, -0.15) is 5.10 Å². The minimum absolute atomic E-state index is 0.194. The second-order valence-corrected chi connectivity index (χ2v) is 6.21. The third kappa shape index (κ3) is 2.56. The van der Waals surface area contributed by atoms with Crippen molar-refractivity contribution in [2.45, 2.75) is 6.42 Å². The van der Waals surface area contributed by atoms with Crippen molar-refractivity contribution in [1.29, 1.82) is 0 Å². The smallest absolute Gasteiger partial charge is 0.292 e. The van der Waals surface area contributed by atoms with Crippen LogP contribution in [0.2, 0.25) is 5.02 Å². The van der Waals surface area contributed by atoms with Crippen molar-refractivity contribution in [3.63, 3.8) is 0 Å². The molecule has 0 aliphatic carbocycles. The molecule has 0 bridgehead atoms. The highest BCUT2D eigenvalue weighted by Gasteiger charge is 2.30. The first kappa shape index (κ1) is 15.7. The Bertz CT molecular complexity index is 957. The van der Waals surface area contributed by atoms with Crippen molar-refractivity contribution >= 4 is 28.8 Å². The summed E-state index contributed by atoms with van der Waals surface area (Å²) in [5.74, 6) is 0.543. The minimum atomic E-state index is -0.194. The summed E-state index contributed by atoms with van der Waals surface area (Å²) in [5.41, 5.74) is 2.94. The number of aromatic nitrogens is 3. The topological polar surface area (TPSA) is 63.0 Å². The zero-order valence-electron chi connectivity index (χ0n) is 13.8. The van der Waals surface area contributed by atoms with Crippen molar-refractivity contribution in [3.8, 4) is 5.75 Å². The minimum Gasteiger partial charge on any atom is -0.495 e. The molecule has 0 fully saturated rings. The van der Waals surface area contributed by atoms with Gasteiger partial charge in [0.15, 0.2) is 11.3 Å². The van der Waals surface area contributed by atoms with Crippen LogP contribution in [0.5, 0.6) is 5.75 Å². The molecule has 1 aromatic carbocycles. The summed E-state index contributed by atoms with van der Waals surface area (Å²) in [5, 5.41) is 8.25. The first-order valence-corrected chi connectivity index (χ1v) is 8.18. The Kier molecular flexibility index (Phi) is 3.73. The summed E-state index contributed by atoms with van der Waals surface area (Å²) in [4.78, 5) is 17.2. The highest BCUT2D eigenvalue weighted by atomic mass is 35.5. The van der Waals surface area contributed by atoms with Crippen LogP contribution in [0.1, 0.15) is 16.1 Å². The maximum atomic E-state index is 13.0. The lowest BCUT2D eigenvalue weighted by Gasteiger charge is -2.38. The molecule has 8 heteroatoms. The number of rotatable bonds is 2. The number of para-hydroxylation sites is 1. The number of carbonyl (C=O) groups excluding carboxylic acids is 1. The number of hydrogen-bond donors (Lipinski definition) is 0. The Hall–Kier alpha value is -2.80. The molecule has 128 valence electrons. The van der Waals surface area contributed by atoms with Gasteiger partial charge >= 0.3 is 0 Å². The molecule has 3 heterocycles. The normalized spacial score (nSPS) is 13.9. The fourth-order valence-electron chi connectivity index (χ4n) is 3.13. The molecule has 3 aromatic rings. The van der Waals surface area contributed by atoms with E-state index in [1.54, 1.807) is 24.4 Å². The molecule has 0 spiro atoms. The van der Waals surface area contributed by atoms with Crippen LogP contribution in [0.4, 0.5) is 5.69 Å². The van der Waals surface area contributed by atoms with Gasteiger partial charge in [-0.05, 0) is 18.1 Å². The first-order valence-electron chi connectivity index (χ1n) is 7.81. The van der Waals surface area contributed by atoms with Crippen LogP contribution in [-0.4, -0.2) is 46.2 Å². The van der Waals surface area contributed by atoms with Crippen LogP contribution < -0.4 is 9.75 Å². The number of fused-ring (bicyclic) bond motifs is 2.